The number of hydrogen-bond donors (Lipinski definition) is 1. The van der Waals surface area contributed by atoms with Crippen molar-refractivity contribution < 1.29 is 0 Å². The lowest BCUT2D eigenvalue weighted by Crippen LogP contribution is -2.40. The first-order chi connectivity index (χ1) is 10.4. The summed E-state index contributed by atoms with van der Waals surface area (Å²) in [5.41, 5.74) is 2.72. The summed E-state index contributed by atoms with van der Waals surface area (Å²) in [5, 5.41) is 14.2. The van der Waals surface area contributed by atoms with Gasteiger partial charge in [0.2, 0.25) is 0 Å². The summed E-state index contributed by atoms with van der Waals surface area (Å²) in [6.45, 7) is 3.16. The van der Waals surface area contributed by atoms with Gasteiger partial charge in [-0.25, -0.2) is 0 Å². The molecule has 0 bridgehead atoms. The van der Waals surface area contributed by atoms with Crippen LogP contribution in [0.2, 0.25) is 0 Å². The van der Waals surface area contributed by atoms with Gasteiger partial charge >= 0.3 is 0 Å². The number of nitrogens with zero attached hydrogens (tertiary/aromatic N) is 3. The van der Waals surface area contributed by atoms with Crippen LogP contribution < -0.4 is 10.2 Å². The number of hydrogen-bond acceptors (Lipinski definition) is 4. The average Bonchev–Trinajstić information content (AvgIpc) is 2.97. The maximum absolute atomic E-state index is 9.46. The fourth-order valence-electron chi connectivity index (χ4n) is 3.78. The molecule has 0 unspecified atom stereocenters. The van der Waals surface area contributed by atoms with Crippen LogP contribution in [0, 0.1) is 17.2 Å². The van der Waals surface area contributed by atoms with Gasteiger partial charge in [0.1, 0.15) is 6.07 Å². The van der Waals surface area contributed by atoms with Crippen molar-refractivity contribution >= 4 is 16.6 Å². The van der Waals surface area contributed by atoms with E-state index in [1.807, 2.05) is 18.2 Å². The van der Waals surface area contributed by atoms with Crippen molar-refractivity contribution in [3.63, 3.8) is 0 Å². The summed E-state index contributed by atoms with van der Waals surface area (Å²) in [6, 6.07) is 11.0. The fourth-order valence-corrected chi connectivity index (χ4v) is 3.78. The summed E-state index contributed by atoms with van der Waals surface area (Å²) >= 11 is 0. The van der Waals surface area contributed by atoms with Crippen LogP contribution in [0.4, 0.5) is 5.69 Å². The van der Waals surface area contributed by atoms with Crippen molar-refractivity contribution in [3.8, 4) is 6.07 Å². The van der Waals surface area contributed by atoms with Gasteiger partial charge in [-0.3, -0.25) is 4.98 Å². The molecule has 2 aliphatic heterocycles. The van der Waals surface area contributed by atoms with Crippen molar-refractivity contribution in [2.24, 2.45) is 5.92 Å². The van der Waals surface area contributed by atoms with Crippen LogP contribution in [-0.2, 0) is 0 Å². The number of pyridine rings is 1. The number of nitriles is 1. The van der Waals surface area contributed by atoms with Crippen LogP contribution in [0.15, 0.2) is 30.5 Å². The van der Waals surface area contributed by atoms with E-state index in [1.54, 1.807) is 6.20 Å². The van der Waals surface area contributed by atoms with Crippen molar-refractivity contribution in [3.05, 3.63) is 36.0 Å². The Bertz CT molecular complexity index is 704. The zero-order valence-electron chi connectivity index (χ0n) is 11.9. The van der Waals surface area contributed by atoms with Crippen LogP contribution in [0.25, 0.3) is 10.9 Å². The molecule has 2 aliphatic rings. The lowest BCUT2D eigenvalue weighted by molar-refractivity contribution is 0.340. The van der Waals surface area contributed by atoms with E-state index in [0.717, 1.165) is 36.2 Å². The predicted molar refractivity (Wildman–Crippen MR) is 83.2 cm³/mol. The number of piperidine rings is 1. The largest absolute Gasteiger partial charge is 0.368 e. The summed E-state index contributed by atoms with van der Waals surface area (Å²) in [5.74, 6) is 0.706. The summed E-state index contributed by atoms with van der Waals surface area (Å²) in [6.07, 6.45) is 4.27. The second kappa shape index (κ2) is 5.01. The first-order valence-electron chi connectivity index (χ1n) is 7.63. The molecule has 3 heterocycles. The molecule has 0 aliphatic carbocycles. The molecule has 21 heavy (non-hydrogen) atoms. The van der Waals surface area contributed by atoms with Gasteiger partial charge in [-0.1, -0.05) is 18.2 Å². The van der Waals surface area contributed by atoms with Crippen LogP contribution in [0.3, 0.4) is 0 Å². The second-order valence-corrected chi connectivity index (χ2v) is 6.02. The highest BCUT2D eigenvalue weighted by atomic mass is 15.2. The minimum absolute atomic E-state index is 0.567. The van der Waals surface area contributed by atoms with E-state index >= 15 is 0 Å². The lowest BCUT2D eigenvalue weighted by atomic mass is 9.94. The van der Waals surface area contributed by atoms with Crippen LogP contribution >= 0.6 is 0 Å². The number of aromatic nitrogens is 1. The molecule has 1 aromatic carbocycles. The third-order valence-corrected chi connectivity index (χ3v) is 4.78. The van der Waals surface area contributed by atoms with E-state index in [4.69, 9.17) is 0 Å². The standard InChI is InChI=1S/C17H18N4/c18-8-13-9-20-15-6-2-1-5-14(15)17(13)21-10-12-4-3-7-19-16(12)11-21/h1-2,5-6,9,12,16,19H,3-4,7,10-11H2/t12-,16+/m0/s1. The molecular formula is C17H18N4. The number of fused-ring (bicyclic) bond motifs is 2. The highest BCUT2D eigenvalue weighted by Crippen LogP contribution is 2.35. The number of anilines is 1. The Morgan fingerprint density at radius 1 is 1.29 bits per heavy atom. The van der Waals surface area contributed by atoms with Gasteiger partial charge in [-0.2, -0.15) is 5.26 Å². The van der Waals surface area contributed by atoms with E-state index in [1.165, 1.54) is 12.8 Å². The second-order valence-electron chi connectivity index (χ2n) is 6.02. The third-order valence-electron chi connectivity index (χ3n) is 4.78. The molecule has 4 rings (SSSR count). The molecular weight excluding hydrogens is 260 g/mol. The quantitative estimate of drug-likeness (QED) is 0.869. The Labute approximate surface area is 124 Å². The van der Waals surface area contributed by atoms with Crippen LogP contribution in [-0.4, -0.2) is 30.7 Å². The minimum atomic E-state index is 0.567. The number of rotatable bonds is 1. The van der Waals surface area contributed by atoms with Crippen molar-refractivity contribution in [1.29, 1.82) is 5.26 Å². The van der Waals surface area contributed by atoms with Gasteiger partial charge < -0.3 is 10.2 Å². The number of benzene rings is 1. The molecule has 1 aromatic heterocycles. The van der Waals surface area contributed by atoms with Gasteiger partial charge in [0.15, 0.2) is 0 Å². The first kappa shape index (κ1) is 12.6. The predicted octanol–water partition coefficient (Wildman–Crippen LogP) is 2.29. The average molecular weight is 278 g/mol. The number of nitrogens with one attached hydrogen (secondary N) is 1. The molecule has 0 amide bonds. The summed E-state index contributed by atoms with van der Waals surface area (Å²) < 4.78 is 0. The minimum Gasteiger partial charge on any atom is -0.368 e. The Morgan fingerprint density at radius 3 is 3.05 bits per heavy atom. The molecule has 1 N–H and O–H groups in total. The van der Waals surface area contributed by atoms with Crippen molar-refractivity contribution in [2.75, 3.05) is 24.5 Å². The molecule has 4 heteroatoms. The van der Waals surface area contributed by atoms with Gasteiger partial charge in [0.05, 0.1) is 16.8 Å². The van der Waals surface area contributed by atoms with Gasteiger partial charge in [-0.05, 0) is 31.4 Å². The maximum Gasteiger partial charge on any atom is 0.103 e. The van der Waals surface area contributed by atoms with Crippen LogP contribution in [0.1, 0.15) is 18.4 Å². The van der Waals surface area contributed by atoms with E-state index in [-0.39, 0.29) is 0 Å². The summed E-state index contributed by atoms with van der Waals surface area (Å²) in [7, 11) is 0. The van der Waals surface area contributed by atoms with Crippen LogP contribution in [0.5, 0.6) is 0 Å². The van der Waals surface area contributed by atoms with Crippen molar-refractivity contribution in [2.45, 2.75) is 18.9 Å². The molecule has 0 saturated carbocycles. The smallest absolute Gasteiger partial charge is 0.103 e. The molecule has 2 saturated heterocycles. The summed E-state index contributed by atoms with van der Waals surface area (Å²) in [4.78, 5) is 6.80. The number of para-hydroxylation sites is 1. The first-order valence-corrected chi connectivity index (χ1v) is 7.63. The van der Waals surface area contributed by atoms with Gasteiger partial charge in [0, 0.05) is 30.7 Å². The SMILES string of the molecule is N#Cc1cnc2ccccc2c1N1C[C@@H]2CCCN[C@@H]2C1. The van der Waals surface area contributed by atoms with Gasteiger partial charge in [0.25, 0.3) is 0 Å². The van der Waals surface area contributed by atoms with Crippen molar-refractivity contribution in [1.82, 2.24) is 10.3 Å². The highest BCUT2D eigenvalue weighted by Gasteiger charge is 2.35. The third kappa shape index (κ3) is 2.05. The highest BCUT2D eigenvalue weighted by molar-refractivity contribution is 5.94. The topological polar surface area (TPSA) is 52.0 Å². The molecule has 2 fully saturated rings. The Hall–Kier alpha value is -2.12. The van der Waals surface area contributed by atoms with E-state index < -0.39 is 0 Å². The molecule has 106 valence electrons. The molecule has 2 atom stereocenters. The molecule has 2 aromatic rings. The molecule has 0 spiro atoms. The van der Waals surface area contributed by atoms with E-state index in [9.17, 15) is 5.26 Å². The maximum atomic E-state index is 9.46. The normalized spacial score (nSPS) is 24.8. The lowest BCUT2D eigenvalue weighted by Gasteiger charge is -2.24. The van der Waals surface area contributed by atoms with E-state index in [2.05, 4.69) is 27.3 Å². The Kier molecular flexibility index (Phi) is 3.01. The van der Waals surface area contributed by atoms with E-state index in [0.29, 0.717) is 17.5 Å². The van der Waals surface area contributed by atoms with Gasteiger partial charge in [-0.15, -0.1) is 0 Å². The molecule has 0 radical (unpaired) electrons. The zero-order chi connectivity index (χ0) is 14.2. The Balaban J connectivity index is 1.80. The Morgan fingerprint density at radius 2 is 2.19 bits per heavy atom. The molecule has 4 nitrogen and oxygen atoms in total. The zero-order valence-corrected chi connectivity index (χ0v) is 11.9. The fraction of sp³-hybridized carbons (Fsp3) is 0.412. The monoisotopic (exact) mass is 278 g/mol.